The average Bonchev–Trinajstić information content (AvgIpc) is 2.30. The summed E-state index contributed by atoms with van der Waals surface area (Å²) >= 11 is 0. The lowest BCUT2D eigenvalue weighted by Gasteiger charge is -2.05. The fourth-order valence-electron chi connectivity index (χ4n) is 1.11. The number of ketones is 1. The molecule has 0 saturated heterocycles. The third-order valence-electron chi connectivity index (χ3n) is 1.89. The monoisotopic (exact) mass is 203 g/mol. The molecular formula is C11H9NO3. The molecule has 0 N–H and O–H groups in total. The Kier molecular flexibility index (Phi) is 3.58. The number of esters is 1. The van der Waals surface area contributed by atoms with E-state index in [0.717, 1.165) is 7.11 Å². The third kappa shape index (κ3) is 2.41. The van der Waals surface area contributed by atoms with Gasteiger partial charge in [-0.25, -0.2) is 0 Å². The molecule has 0 amide bonds. The van der Waals surface area contributed by atoms with Crippen molar-refractivity contribution in [2.24, 2.45) is 5.92 Å². The number of methoxy groups -OCH3 is 1. The standard InChI is InChI=1S/C11H9NO3/c1-15-11(14)9(7-12)10(13)8-5-3-2-4-6-8/h2-6,9H,1H3/t9-/m0/s1. The second-order valence-electron chi connectivity index (χ2n) is 2.82. The maximum atomic E-state index is 11.7. The Morgan fingerprint density at radius 2 is 1.93 bits per heavy atom. The molecule has 0 aromatic heterocycles. The molecular weight excluding hydrogens is 194 g/mol. The fourth-order valence-corrected chi connectivity index (χ4v) is 1.11. The average molecular weight is 203 g/mol. The van der Waals surface area contributed by atoms with Crippen LogP contribution in [0.3, 0.4) is 0 Å². The van der Waals surface area contributed by atoms with Crippen molar-refractivity contribution < 1.29 is 14.3 Å². The fraction of sp³-hybridized carbons (Fsp3) is 0.182. The predicted molar refractivity (Wildman–Crippen MR) is 51.9 cm³/mol. The zero-order valence-electron chi connectivity index (χ0n) is 8.14. The van der Waals surface area contributed by atoms with Crippen LogP contribution in [0.4, 0.5) is 0 Å². The number of Topliss-reactive ketones (excluding diaryl/α,β-unsaturated/α-hetero) is 1. The van der Waals surface area contributed by atoms with Crippen molar-refractivity contribution >= 4 is 11.8 Å². The summed E-state index contributed by atoms with van der Waals surface area (Å²) in [6.07, 6.45) is 0. The molecule has 0 aliphatic heterocycles. The number of carbonyl (C=O) groups is 2. The van der Waals surface area contributed by atoms with Gasteiger partial charge in [-0.1, -0.05) is 30.3 Å². The summed E-state index contributed by atoms with van der Waals surface area (Å²) in [5, 5.41) is 8.69. The van der Waals surface area contributed by atoms with Gasteiger partial charge in [-0.05, 0) is 0 Å². The van der Waals surface area contributed by atoms with E-state index in [1.165, 1.54) is 0 Å². The molecule has 0 aliphatic carbocycles. The summed E-state index contributed by atoms with van der Waals surface area (Å²) in [6.45, 7) is 0. The summed E-state index contributed by atoms with van der Waals surface area (Å²) in [5.74, 6) is -2.74. The molecule has 0 unspecified atom stereocenters. The van der Waals surface area contributed by atoms with Crippen molar-refractivity contribution in [2.75, 3.05) is 7.11 Å². The van der Waals surface area contributed by atoms with Crippen LogP contribution in [0.15, 0.2) is 30.3 Å². The number of benzene rings is 1. The maximum Gasteiger partial charge on any atom is 0.331 e. The first-order valence-electron chi connectivity index (χ1n) is 4.27. The quantitative estimate of drug-likeness (QED) is 0.420. The zero-order chi connectivity index (χ0) is 11.3. The van der Waals surface area contributed by atoms with E-state index >= 15 is 0 Å². The second kappa shape index (κ2) is 4.91. The van der Waals surface area contributed by atoms with Gasteiger partial charge in [0.1, 0.15) is 0 Å². The van der Waals surface area contributed by atoms with Gasteiger partial charge in [-0.2, -0.15) is 5.26 Å². The number of carbonyl (C=O) groups excluding carboxylic acids is 2. The Bertz CT molecular complexity index is 406. The van der Waals surface area contributed by atoms with E-state index in [1.54, 1.807) is 36.4 Å². The molecule has 0 fully saturated rings. The van der Waals surface area contributed by atoms with Crippen LogP contribution in [0.1, 0.15) is 10.4 Å². The van der Waals surface area contributed by atoms with Crippen LogP contribution in [0, 0.1) is 17.2 Å². The van der Waals surface area contributed by atoms with Crippen molar-refractivity contribution in [2.45, 2.75) is 0 Å². The van der Waals surface area contributed by atoms with Gasteiger partial charge < -0.3 is 4.74 Å². The maximum absolute atomic E-state index is 11.7. The molecule has 1 rings (SSSR count). The van der Waals surface area contributed by atoms with Gasteiger partial charge in [0.15, 0.2) is 5.78 Å². The van der Waals surface area contributed by atoms with Crippen LogP contribution in [0.5, 0.6) is 0 Å². The van der Waals surface area contributed by atoms with E-state index in [-0.39, 0.29) is 0 Å². The largest absolute Gasteiger partial charge is 0.468 e. The minimum absolute atomic E-state index is 0.328. The Labute approximate surface area is 87.1 Å². The van der Waals surface area contributed by atoms with Gasteiger partial charge in [0.25, 0.3) is 0 Å². The lowest BCUT2D eigenvalue weighted by Crippen LogP contribution is -2.23. The van der Waals surface area contributed by atoms with Crippen LogP contribution in [-0.2, 0) is 9.53 Å². The topological polar surface area (TPSA) is 67.2 Å². The molecule has 0 heterocycles. The number of ether oxygens (including phenoxy) is 1. The van der Waals surface area contributed by atoms with Crippen LogP contribution in [-0.4, -0.2) is 18.9 Å². The summed E-state index contributed by atoms with van der Waals surface area (Å²) in [4.78, 5) is 22.7. The Morgan fingerprint density at radius 3 is 2.40 bits per heavy atom. The summed E-state index contributed by atoms with van der Waals surface area (Å²) in [5.41, 5.74) is 0.328. The van der Waals surface area contributed by atoms with Crippen LogP contribution in [0.2, 0.25) is 0 Å². The summed E-state index contributed by atoms with van der Waals surface area (Å²) in [7, 11) is 1.14. The molecule has 0 bridgehead atoms. The highest BCUT2D eigenvalue weighted by molar-refractivity contribution is 6.10. The molecule has 4 heteroatoms. The molecule has 4 nitrogen and oxygen atoms in total. The molecule has 1 atom stereocenters. The molecule has 1 aromatic rings. The number of rotatable bonds is 3. The highest BCUT2D eigenvalue weighted by Gasteiger charge is 2.27. The van der Waals surface area contributed by atoms with Gasteiger partial charge in [-0.3, -0.25) is 9.59 Å². The first-order valence-corrected chi connectivity index (χ1v) is 4.27. The van der Waals surface area contributed by atoms with E-state index < -0.39 is 17.7 Å². The minimum atomic E-state index is -1.38. The van der Waals surface area contributed by atoms with E-state index in [0.29, 0.717) is 5.56 Å². The summed E-state index contributed by atoms with van der Waals surface area (Å²) in [6, 6.07) is 9.81. The Balaban J connectivity index is 2.94. The van der Waals surface area contributed by atoms with Crippen LogP contribution < -0.4 is 0 Å². The van der Waals surface area contributed by atoms with Crippen molar-refractivity contribution in [3.05, 3.63) is 35.9 Å². The number of nitrogens with zero attached hydrogens (tertiary/aromatic N) is 1. The lowest BCUT2D eigenvalue weighted by atomic mass is 9.99. The van der Waals surface area contributed by atoms with Crippen LogP contribution >= 0.6 is 0 Å². The summed E-state index contributed by atoms with van der Waals surface area (Å²) < 4.78 is 4.36. The van der Waals surface area contributed by atoms with Gasteiger partial charge in [0.2, 0.25) is 5.92 Å². The van der Waals surface area contributed by atoms with E-state index in [4.69, 9.17) is 5.26 Å². The highest BCUT2D eigenvalue weighted by atomic mass is 16.5. The lowest BCUT2D eigenvalue weighted by molar-refractivity contribution is -0.141. The Morgan fingerprint density at radius 1 is 1.33 bits per heavy atom. The Hall–Kier alpha value is -2.15. The van der Waals surface area contributed by atoms with Crippen molar-refractivity contribution in [1.29, 1.82) is 5.26 Å². The number of hydrogen-bond acceptors (Lipinski definition) is 4. The van der Waals surface area contributed by atoms with Crippen molar-refractivity contribution in [1.82, 2.24) is 0 Å². The molecule has 0 aliphatic rings. The smallest absolute Gasteiger partial charge is 0.331 e. The van der Waals surface area contributed by atoms with Gasteiger partial charge >= 0.3 is 5.97 Å². The molecule has 15 heavy (non-hydrogen) atoms. The van der Waals surface area contributed by atoms with E-state index in [9.17, 15) is 9.59 Å². The first kappa shape index (κ1) is 10.9. The SMILES string of the molecule is COC(=O)[C@@H](C#N)C(=O)c1ccccc1. The van der Waals surface area contributed by atoms with Crippen LogP contribution in [0.25, 0.3) is 0 Å². The van der Waals surface area contributed by atoms with Gasteiger partial charge in [0.05, 0.1) is 13.2 Å². The van der Waals surface area contributed by atoms with E-state index in [2.05, 4.69) is 4.74 Å². The van der Waals surface area contributed by atoms with E-state index in [1.807, 2.05) is 0 Å². The minimum Gasteiger partial charge on any atom is -0.468 e. The first-order chi connectivity index (χ1) is 7.20. The normalized spacial score (nSPS) is 11.2. The molecule has 0 saturated carbocycles. The molecule has 0 radical (unpaired) electrons. The molecule has 76 valence electrons. The highest BCUT2D eigenvalue weighted by Crippen LogP contribution is 2.09. The van der Waals surface area contributed by atoms with Crippen molar-refractivity contribution in [3.63, 3.8) is 0 Å². The molecule has 1 aromatic carbocycles. The third-order valence-corrected chi connectivity index (χ3v) is 1.89. The van der Waals surface area contributed by atoms with Gasteiger partial charge in [0, 0.05) is 5.56 Å². The second-order valence-corrected chi connectivity index (χ2v) is 2.82. The van der Waals surface area contributed by atoms with Crippen molar-refractivity contribution in [3.8, 4) is 6.07 Å². The van der Waals surface area contributed by atoms with Gasteiger partial charge in [-0.15, -0.1) is 0 Å². The molecule has 0 spiro atoms. The number of nitriles is 1. The predicted octanol–water partition coefficient (Wildman–Crippen LogP) is 1.18. The zero-order valence-corrected chi connectivity index (χ0v) is 8.14. The number of hydrogen-bond donors (Lipinski definition) is 0.